The van der Waals surface area contributed by atoms with Gasteiger partial charge >= 0.3 is 0 Å². The highest BCUT2D eigenvalue weighted by molar-refractivity contribution is 5.97. The molecule has 6 nitrogen and oxygen atoms in total. The van der Waals surface area contributed by atoms with Crippen LogP contribution in [-0.2, 0) is 0 Å². The van der Waals surface area contributed by atoms with Gasteiger partial charge in [-0.25, -0.2) is 4.98 Å². The Bertz CT molecular complexity index is 408. The summed E-state index contributed by atoms with van der Waals surface area (Å²) in [5, 5.41) is 8.86. The molecule has 2 heterocycles. The average molecular weight is 223 g/mol. The first-order valence-corrected chi connectivity index (χ1v) is 5.01. The van der Waals surface area contributed by atoms with E-state index in [-0.39, 0.29) is 19.1 Å². The third-order valence-corrected chi connectivity index (χ3v) is 2.36. The summed E-state index contributed by atoms with van der Waals surface area (Å²) in [4.78, 5) is 17.5. The van der Waals surface area contributed by atoms with Crippen molar-refractivity contribution in [3.8, 4) is 5.88 Å². The lowest BCUT2D eigenvalue weighted by Crippen LogP contribution is -2.34. The van der Waals surface area contributed by atoms with Gasteiger partial charge in [0.2, 0.25) is 5.88 Å². The fourth-order valence-electron chi connectivity index (χ4n) is 1.60. The molecular formula is C10H13N3O3. The van der Waals surface area contributed by atoms with E-state index in [0.717, 1.165) is 0 Å². The van der Waals surface area contributed by atoms with Crippen LogP contribution in [0, 0.1) is 0 Å². The van der Waals surface area contributed by atoms with Crippen molar-refractivity contribution >= 4 is 11.6 Å². The Kier molecular flexibility index (Phi) is 2.91. The molecule has 0 saturated heterocycles. The fourth-order valence-corrected chi connectivity index (χ4v) is 1.60. The molecule has 86 valence electrons. The number of fused-ring (bicyclic) bond motifs is 1. The smallest absolute Gasteiger partial charge is 0.259 e. The number of β-amino-alcohol motifs (C(OH)–C–C–N with tert-alkyl or cyclic N) is 1. The number of carbonyl (C=O) groups excluding carboxylic acids is 1. The van der Waals surface area contributed by atoms with E-state index in [9.17, 15) is 4.79 Å². The van der Waals surface area contributed by atoms with Gasteiger partial charge in [0, 0.05) is 6.54 Å². The van der Waals surface area contributed by atoms with Gasteiger partial charge in [-0.05, 0) is 6.07 Å². The molecule has 0 radical (unpaired) electrons. The number of nitrogens with two attached hydrogens (primary N) is 1. The van der Waals surface area contributed by atoms with Crippen LogP contribution in [0.3, 0.4) is 0 Å². The monoisotopic (exact) mass is 223 g/mol. The minimum Gasteiger partial charge on any atom is -0.475 e. The Morgan fingerprint density at radius 2 is 2.44 bits per heavy atom. The molecular weight excluding hydrogens is 210 g/mol. The number of hydrogen-bond donors (Lipinski definition) is 2. The van der Waals surface area contributed by atoms with Gasteiger partial charge in [-0.1, -0.05) is 0 Å². The zero-order chi connectivity index (χ0) is 11.5. The molecule has 0 bridgehead atoms. The van der Waals surface area contributed by atoms with Crippen molar-refractivity contribution in [2.45, 2.75) is 0 Å². The van der Waals surface area contributed by atoms with Crippen molar-refractivity contribution < 1.29 is 14.6 Å². The summed E-state index contributed by atoms with van der Waals surface area (Å²) >= 11 is 0. The second-order valence-corrected chi connectivity index (χ2v) is 3.49. The Morgan fingerprint density at radius 3 is 3.19 bits per heavy atom. The number of aromatic nitrogens is 1. The number of aliphatic hydroxyl groups excluding tert-OH is 1. The molecule has 16 heavy (non-hydrogen) atoms. The van der Waals surface area contributed by atoms with Crippen molar-refractivity contribution in [2.24, 2.45) is 0 Å². The molecule has 1 aromatic rings. The standard InChI is InChI=1S/C10H13N3O3/c11-7-5-8-9(12-6-7)16-4-2-13(1-3-14)10(8)15/h5-6,14H,1-4,11H2. The second-order valence-electron chi connectivity index (χ2n) is 3.49. The van der Waals surface area contributed by atoms with E-state index in [1.165, 1.54) is 11.1 Å². The number of anilines is 1. The summed E-state index contributed by atoms with van der Waals surface area (Å²) < 4.78 is 5.34. The fraction of sp³-hybridized carbons (Fsp3) is 0.400. The molecule has 3 N–H and O–H groups in total. The number of nitrogens with zero attached hydrogens (tertiary/aromatic N) is 2. The molecule has 0 aliphatic carbocycles. The third kappa shape index (κ3) is 1.92. The van der Waals surface area contributed by atoms with Gasteiger partial charge in [0.25, 0.3) is 5.91 Å². The number of rotatable bonds is 2. The van der Waals surface area contributed by atoms with Gasteiger partial charge in [0.05, 0.1) is 25.0 Å². The van der Waals surface area contributed by atoms with Crippen LogP contribution in [0.2, 0.25) is 0 Å². The Labute approximate surface area is 92.6 Å². The van der Waals surface area contributed by atoms with E-state index in [1.807, 2.05) is 0 Å². The molecule has 0 aromatic carbocycles. The maximum absolute atomic E-state index is 12.0. The van der Waals surface area contributed by atoms with Crippen molar-refractivity contribution in [2.75, 3.05) is 32.0 Å². The van der Waals surface area contributed by atoms with Crippen LogP contribution >= 0.6 is 0 Å². The molecule has 0 saturated carbocycles. The first kappa shape index (κ1) is 10.7. The van der Waals surface area contributed by atoms with Gasteiger partial charge in [-0.3, -0.25) is 4.79 Å². The SMILES string of the molecule is Nc1cnc2c(c1)C(=O)N(CCO)CCO2. The first-order chi connectivity index (χ1) is 7.72. The second kappa shape index (κ2) is 4.36. The molecule has 1 aromatic heterocycles. The van der Waals surface area contributed by atoms with Gasteiger partial charge in [-0.2, -0.15) is 0 Å². The Balaban J connectivity index is 2.35. The van der Waals surface area contributed by atoms with Gasteiger partial charge in [-0.15, -0.1) is 0 Å². The summed E-state index contributed by atoms with van der Waals surface area (Å²) in [6, 6.07) is 1.54. The topological polar surface area (TPSA) is 88.7 Å². The Morgan fingerprint density at radius 1 is 1.62 bits per heavy atom. The largest absolute Gasteiger partial charge is 0.475 e. The predicted molar refractivity (Wildman–Crippen MR) is 57.1 cm³/mol. The third-order valence-electron chi connectivity index (χ3n) is 2.36. The number of nitrogen functional groups attached to an aromatic ring is 1. The molecule has 0 fully saturated rings. The van der Waals surface area contributed by atoms with E-state index in [1.54, 1.807) is 6.07 Å². The van der Waals surface area contributed by atoms with Crippen LogP contribution in [0.25, 0.3) is 0 Å². The highest BCUT2D eigenvalue weighted by Gasteiger charge is 2.24. The van der Waals surface area contributed by atoms with Crippen molar-refractivity contribution in [1.82, 2.24) is 9.88 Å². The first-order valence-electron chi connectivity index (χ1n) is 5.01. The van der Waals surface area contributed by atoms with Crippen LogP contribution in [0.1, 0.15) is 10.4 Å². The minimum atomic E-state index is -0.207. The number of hydrogen-bond acceptors (Lipinski definition) is 5. The van der Waals surface area contributed by atoms with Crippen LogP contribution in [0.5, 0.6) is 5.88 Å². The van der Waals surface area contributed by atoms with Crippen molar-refractivity contribution in [3.05, 3.63) is 17.8 Å². The number of carbonyl (C=O) groups is 1. The summed E-state index contributed by atoms with van der Waals surface area (Å²) in [7, 11) is 0. The van der Waals surface area contributed by atoms with E-state index < -0.39 is 0 Å². The normalized spacial score (nSPS) is 15.3. The summed E-state index contributed by atoms with van der Waals surface area (Å²) in [6.07, 6.45) is 1.45. The maximum atomic E-state index is 12.0. The van der Waals surface area contributed by atoms with E-state index in [2.05, 4.69) is 4.98 Å². The molecule has 0 atom stereocenters. The zero-order valence-corrected chi connectivity index (χ0v) is 8.72. The highest BCUT2D eigenvalue weighted by atomic mass is 16.5. The van der Waals surface area contributed by atoms with Crippen molar-refractivity contribution in [3.63, 3.8) is 0 Å². The Hall–Kier alpha value is -1.82. The van der Waals surface area contributed by atoms with Crippen LogP contribution < -0.4 is 10.5 Å². The lowest BCUT2D eigenvalue weighted by molar-refractivity contribution is 0.0721. The van der Waals surface area contributed by atoms with Gasteiger partial charge in [0.1, 0.15) is 12.2 Å². The molecule has 1 aliphatic rings. The number of pyridine rings is 1. The van der Waals surface area contributed by atoms with Gasteiger partial charge < -0.3 is 20.5 Å². The lowest BCUT2D eigenvalue weighted by Gasteiger charge is -2.17. The zero-order valence-electron chi connectivity index (χ0n) is 8.72. The van der Waals surface area contributed by atoms with Crippen molar-refractivity contribution in [1.29, 1.82) is 0 Å². The molecule has 1 amide bonds. The molecule has 2 rings (SSSR count). The molecule has 0 unspecified atom stereocenters. The maximum Gasteiger partial charge on any atom is 0.259 e. The van der Waals surface area contributed by atoms with Crippen LogP contribution in [0.15, 0.2) is 12.3 Å². The number of aliphatic hydroxyl groups is 1. The summed E-state index contributed by atoms with van der Waals surface area (Å²) in [6.45, 7) is 1.03. The number of amides is 1. The summed E-state index contributed by atoms with van der Waals surface area (Å²) in [5.74, 6) is 0.0981. The predicted octanol–water partition coefficient (Wildman–Crippen LogP) is -0.509. The summed E-state index contributed by atoms with van der Waals surface area (Å²) in [5.41, 5.74) is 6.35. The van der Waals surface area contributed by atoms with E-state index in [4.69, 9.17) is 15.6 Å². The van der Waals surface area contributed by atoms with Gasteiger partial charge in [0.15, 0.2) is 0 Å². The van der Waals surface area contributed by atoms with E-state index in [0.29, 0.717) is 30.3 Å². The molecule has 1 aliphatic heterocycles. The average Bonchev–Trinajstić information content (AvgIpc) is 2.42. The van der Waals surface area contributed by atoms with Crippen LogP contribution in [0.4, 0.5) is 5.69 Å². The minimum absolute atomic E-state index is 0.0726. The quantitative estimate of drug-likeness (QED) is 0.705. The van der Waals surface area contributed by atoms with Crippen LogP contribution in [-0.4, -0.2) is 47.2 Å². The molecule has 0 spiro atoms. The number of ether oxygens (including phenoxy) is 1. The lowest BCUT2D eigenvalue weighted by atomic mass is 10.2. The van der Waals surface area contributed by atoms with E-state index >= 15 is 0 Å². The highest BCUT2D eigenvalue weighted by Crippen LogP contribution is 2.22. The molecule has 6 heteroatoms.